The lowest BCUT2D eigenvalue weighted by Crippen LogP contribution is -2.29. The zero-order valence-electron chi connectivity index (χ0n) is 18.2. The van der Waals surface area contributed by atoms with E-state index in [2.05, 4.69) is 0 Å². The van der Waals surface area contributed by atoms with Crippen molar-refractivity contribution in [3.8, 4) is 0 Å². The van der Waals surface area contributed by atoms with Gasteiger partial charge in [-0.15, -0.1) is 0 Å². The summed E-state index contributed by atoms with van der Waals surface area (Å²) in [6.07, 6.45) is -1.06. The minimum Gasteiger partial charge on any atom is -0.451 e. The number of Topliss-reactive ketones (excluding diaryl/α,β-unsaturated/α-hetero) is 1. The zero-order chi connectivity index (χ0) is 24.6. The van der Waals surface area contributed by atoms with Gasteiger partial charge in [0, 0.05) is 17.7 Å². The Bertz CT molecular complexity index is 1340. The van der Waals surface area contributed by atoms with Gasteiger partial charge in [-0.1, -0.05) is 29.8 Å². The minimum atomic E-state index is -1.06. The molecule has 0 fully saturated rings. The van der Waals surface area contributed by atoms with Crippen LogP contribution in [0, 0.1) is 17.0 Å². The SMILES string of the molecule is Cc1ccc(C(=O)[C@@H](C)OC(=O)c2ccc3c(c2)C(=O)N(c2ccc([N+](=O)[O-])cc2)C3=O)cc1. The van der Waals surface area contributed by atoms with Crippen molar-refractivity contribution in [2.45, 2.75) is 20.0 Å². The van der Waals surface area contributed by atoms with E-state index < -0.39 is 28.8 Å². The molecule has 0 aromatic heterocycles. The average molecular weight is 458 g/mol. The largest absolute Gasteiger partial charge is 0.451 e. The molecule has 0 radical (unpaired) electrons. The summed E-state index contributed by atoms with van der Waals surface area (Å²) in [5.74, 6) is -2.47. The molecule has 1 atom stereocenters. The van der Waals surface area contributed by atoms with Crippen molar-refractivity contribution in [3.05, 3.63) is 105 Å². The molecule has 3 aromatic carbocycles. The van der Waals surface area contributed by atoms with Crippen LogP contribution in [0.15, 0.2) is 66.7 Å². The van der Waals surface area contributed by atoms with Crippen LogP contribution in [0.2, 0.25) is 0 Å². The molecule has 0 saturated heterocycles. The molecule has 0 bridgehead atoms. The van der Waals surface area contributed by atoms with Gasteiger partial charge < -0.3 is 4.74 Å². The number of fused-ring (bicyclic) bond motifs is 1. The van der Waals surface area contributed by atoms with E-state index in [1.54, 1.807) is 24.3 Å². The van der Waals surface area contributed by atoms with Crippen molar-refractivity contribution in [1.82, 2.24) is 0 Å². The van der Waals surface area contributed by atoms with Crippen molar-refractivity contribution in [2.24, 2.45) is 0 Å². The summed E-state index contributed by atoms with van der Waals surface area (Å²) in [7, 11) is 0. The molecule has 0 unspecified atom stereocenters. The Morgan fingerprint density at radius 3 is 2.09 bits per heavy atom. The molecule has 2 amide bonds. The van der Waals surface area contributed by atoms with Crippen molar-refractivity contribution in [1.29, 1.82) is 0 Å². The smallest absolute Gasteiger partial charge is 0.338 e. The van der Waals surface area contributed by atoms with E-state index in [4.69, 9.17) is 4.74 Å². The Labute approximate surface area is 193 Å². The molecule has 4 rings (SSSR count). The second-order valence-corrected chi connectivity index (χ2v) is 7.76. The predicted octanol–water partition coefficient (Wildman–Crippen LogP) is 4.13. The van der Waals surface area contributed by atoms with Gasteiger partial charge in [0.15, 0.2) is 6.10 Å². The lowest BCUT2D eigenvalue weighted by atomic mass is 10.0. The maximum atomic E-state index is 12.9. The Balaban J connectivity index is 1.53. The number of ketones is 1. The first-order valence-corrected chi connectivity index (χ1v) is 10.3. The number of carbonyl (C=O) groups is 4. The van der Waals surface area contributed by atoms with Crippen molar-refractivity contribution in [2.75, 3.05) is 4.90 Å². The molecular formula is C25H18N2O7. The van der Waals surface area contributed by atoms with Crippen LogP contribution in [0.25, 0.3) is 0 Å². The van der Waals surface area contributed by atoms with Crippen LogP contribution in [0.1, 0.15) is 53.9 Å². The molecule has 0 spiro atoms. The third kappa shape index (κ3) is 4.06. The molecule has 1 heterocycles. The molecule has 0 N–H and O–H groups in total. The van der Waals surface area contributed by atoms with Crippen molar-refractivity contribution < 1.29 is 28.8 Å². The van der Waals surface area contributed by atoms with Gasteiger partial charge in [0.25, 0.3) is 17.5 Å². The van der Waals surface area contributed by atoms with Crippen molar-refractivity contribution >= 4 is 34.9 Å². The fourth-order valence-electron chi connectivity index (χ4n) is 3.56. The second kappa shape index (κ2) is 8.70. The number of nitro benzene ring substituents is 1. The number of nitro groups is 1. The van der Waals surface area contributed by atoms with E-state index in [-0.39, 0.29) is 33.8 Å². The van der Waals surface area contributed by atoms with Gasteiger partial charge >= 0.3 is 5.97 Å². The fraction of sp³-hybridized carbons (Fsp3) is 0.120. The Kier molecular flexibility index (Phi) is 5.77. The van der Waals surface area contributed by atoms with Crippen LogP contribution < -0.4 is 4.90 Å². The van der Waals surface area contributed by atoms with Gasteiger partial charge in [-0.2, -0.15) is 0 Å². The number of aryl methyl sites for hydroxylation is 1. The number of benzene rings is 3. The highest BCUT2D eigenvalue weighted by Gasteiger charge is 2.37. The molecule has 34 heavy (non-hydrogen) atoms. The minimum absolute atomic E-state index is 0.00434. The van der Waals surface area contributed by atoms with E-state index >= 15 is 0 Å². The van der Waals surface area contributed by atoms with E-state index in [9.17, 15) is 29.3 Å². The fourth-order valence-corrected chi connectivity index (χ4v) is 3.56. The Morgan fingerprint density at radius 1 is 0.882 bits per heavy atom. The molecular weight excluding hydrogens is 440 g/mol. The maximum Gasteiger partial charge on any atom is 0.338 e. The van der Waals surface area contributed by atoms with E-state index in [0.29, 0.717) is 5.56 Å². The van der Waals surface area contributed by atoms with Crippen LogP contribution in [0.3, 0.4) is 0 Å². The number of non-ortho nitro benzene ring substituents is 1. The van der Waals surface area contributed by atoms with E-state index in [1.165, 1.54) is 49.4 Å². The third-order valence-electron chi connectivity index (χ3n) is 5.43. The number of ether oxygens (including phenoxy) is 1. The van der Waals surface area contributed by atoms with Gasteiger partial charge in [0.05, 0.1) is 27.3 Å². The highest BCUT2D eigenvalue weighted by molar-refractivity contribution is 6.34. The standard InChI is InChI=1S/C25H18N2O7/c1-14-3-5-16(6-4-14)22(28)15(2)34-25(31)17-7-12-20-21(13-17)24(30)26(23(20)29)18-8-10-19(11-9-18)27(32)33/h3-13,15H,1-2H3/t15-/m1/s1. The van der Waals surface area contributed by atoms with E-state index in [0.717, 1.165) is 10.5 Å². The summed E-state index contributed by atoms with van der Waals surface area (Å²) in [4.78, 5) is 62.0. The number of anilines is 1. The number of imide groups is 1. The lowest BCUT2D eigenvalue weighted by molar-refractivity contribution is -0.384. The van der Waals surface area contributed by atoms with Crippen LogP contribution in [0.4, 0.5) is 11.4 Å². The number of hydrogen-bond acceptors (Lipinski definition) is 7. The summed E-state index contributed by atoms with van der Waals surface area (Å²) in [5.41, 5.74) is 1.46. The van der Waals surface area contributed by atoms with Crippen LogP contribution in [-0.4, -0.2) is 34.6 Å². The van der Waals surface area contributed by atoms with Crippen LogP contribution in [0.5, 0.6) is 0 Å². The molecule has 9 nitrogen and oxygen atoms in total. The van der Waals surface area contributed by atoms with E-state index in [1.807, 2.05) is 6.92 Å². The predicted molar refractivity (Wildman–Crippen MR) is 121 cm³/mol. The number of esters is 1. The van der Waals surface area contributed by atoms with Crippen LogP contribution in [-0.2, 0) is 4.74 Å². The molecule has 0 saturated carbocycles. The lowest BCUT2D eigenvalue weighted by Gasteiger charge is -2.13. The molecule has 0 aliphatic carbocycles. The first kappa shape index (κ1) is 22.5. The highest BCUT2D eigenvalue weighted by atomic mass is 16.6. The molecule has 1 aliphatic heterocycles. The van der Waals surface area contributed by atoms with Crippen molar-refractivity contribution in [3.63, 3.8) is 0 Å². The second-order valence-electron chi connectivity index (χ2n) is 7.76. The van der Waals surface area contributed by atoms with Crippen LogP contribution >= 0.6 is 0 Å². The number of carbonyl (C=O) groups excluding carboxylic acids is 4. The van der Waals surface area contributed by atoms with Gasteiger partial charge in [0.1, 0.15) is 0 Å². The van der Waals surface area contributed by atoms with Gasteiger partial charge in [0.2, 0.25) is 5.78 Å². The number of rotatable bonds is 6. The third-order valence-corrected chi connectivity index (χ3v) is 5.43. The summed E-state index contributed by atoms with van der Waals surface area (Å²) in [6, 6.07) is 15.8. The number of amides is 2. The molecule has 170 valence electrons. The average Bonchev–Trinajstić information content (AvgIpc) is 3.08. The van der Waals surface area contributed by atoms with Gasteiger partial charge in [-0.25, -0.2) is 9.69 Å². The molecule has 1 aliphatic rings. The highest BCUT2D eigenvalue weighted by Crippen LogP contribution is 2.30. The summed E-state index contributed by atoms with van der Waals surface area (Å²) in [6.45, 7) is 3.35. The topological polar surface area (TPSA) is 124 Å². The normalized spacial score (nSPS) is 13.4. The zero-order valence-corrected chi connectivity index (χ0v) is 18.2. The number of hydrogen-bond donors (Lipinski definition) is 0. The van der Waals surface area contributed by atoms with Gasteiger partial charge in [-0.05, 0) is 44.2 Å². The monoisotopic (exact) mass is 458 g/mol. The summed E-state index contributed by atoms with van der Waals surface area (Å²) >= 11 is 0. The molecule has 9 heteroatoms. The first-order valence-electron chi connectivity index (χ1n) is 10.3. The summed E-state index contributed by atoms with van der Waals surface area (Å²) in [5, 5.41) is 10.8. The quantitative estimate of drug-likeness (QED) is 0.179. The Hall–Kier alpha value is -4.66. The Morgan fingerprint density at radius 2 is 1.47 bits per heavy atom. The number of nitrogens with zero attached hydrogens (tertiary/aromatic N) is 2. The van der Waals surface area contributed by atoms with Gasteiger partial charge in [-0.3, -0.25) is 24.5 Å². The maximum absolute atomic E-state index is 12.9. The first-order chi connectivity index (χ1) is 16.2. The summed E-state index contributed by atoms with van der Waals surface area (Å²) < 4.78 is 5.29. The molecule has 3 aromatic rings.